The van der Waals surface area contributed by atoms with Gasteiger partial charge in [-0.05, 0) is 6.92 Å². The second-order valence-electron chi connectivity index (χ2n) is 5.35. The van der Waals surface area contributed by atoms with Crippen LogP contribution in [0, 0.1) is 0 Å². The summed E-state index contributed by atoms with van der Waals surface area (Å²) in [5.41, 5.74) is 10.3. The Morgan fingerprint density at radius 1 is 1.57 bits per heavy atom. The molecule has 2 aliphatic rings. The molecule has 10 heteroatoms. The first-order valence-corrected chi connectivity index (χ1v) is 6.45. The SMILES string of the molecule is C[C@]1(O)C(O)[C@@H](CO)O[C@H]1n1cnc2c1NC(N)=NC2N. The molecule has 3 heterocycles. The van der Waals surface area contributed by atoms with Gasteiger partial charge in [-0.1, -0.05) is 0 Å². The van der Waals surface area contributed by atoms with Gasteiger partial charge in [-0.3, -0.25) is 4.57 Å². The second-order valence-corrected chi connectivity index (χ2v) is 5.35. The van der Waals surface area contributed by atoms with E-state index in [2.05, 4.69) is 15.3 Å². The van der Waals surface area contributed by atoms with E-state index in [1.54, 1.807) is 0 Å². The van der Waals surface area contributed by atoms with Crippen molar-refractivity contribution in [2.45, 2.75) is 37.1 Å². The van der Waals surface area contributed by atoms with Crippen LogP contribution in [-0.4, -0.2) is 55.2 Å². The number of hydrogen-bond donors (Lipinski definition) is 6. The molecule has 2 unspecified atom stereocenters. The maximum atomic E-state index is 10.5. The lowest BCUT2D eigenvalue weighted by molar-refractivity contribution is -0.0957. The molecule has 0 aromatic carbocycles. The predicted octanol–water partition coefficient (Wildman–Crippen LogP) is -2.42. The first-order chi connectivity index (χ1) is 9.86. The molecule has 1 aromatic rings. The summed E-state index contributed by atoms with van der Waals surface area (Å²) in [5, 5.41) is 32.5. The molecule has 3 rings (SSSR count). The maximum Gasteiger partial charge on any atom is 0.196 e. The quantitative estimate of drug-likeness (QED) is 0.351. The Bertz CT molecular complexity index is 585. The van der Waals surface area contributed by atoms with E-state index < -0.39 is 36.8 Å². The number of rotatable bonds is 2. The number of anilines is 1. The number of guanidine groups is 1. The third kappa shape index (κ3) is 2.00. The zero-order valence-electron chi connectivity index (χ0n) is 11.3. The van der Waals surface area contributed by atoms with Crippen LogP contribution in [0.3, 0.4) is 0 Å². The van der Waals surface area contributed by atoms with Crippen molar-refractivity contribution in [3.8, 4) is 0 Å². The summed E-state index contributed by atoms with van der Waals surface area (Å²) in [6, 6.07) is 0. The Hall–Kier alpha value is -1.72. The molecule has 0 aliphatic carbocycles. The number of aliphatic hydroxyl groups excluding tert-OH is 2. The van der Waals surface area contributed by atoms with Crippen molar-refractivity contribution in [3.63, 3.8) is 0 Å². The lowest BCUT2D eigenvalue weighted by atomic mass is 9.96. The lowest BCUT2D eigenvalue weighted by Crippen LogP contribution is -2.44. The van der Waals surface area contributed by atoms with Crippen LogP contribution in [-0.2, 0) is 4.74 Å². The highest BCUT2D eigenvalue weighted by atomic mass is 16.6. The zero-order chi connectivity index (χ0) is 15.4. The van der Waals surface area contributed by atoms with Crippen molar-refractivity contribution in [2.75, 3.05) is 11.9 Å². The van der Waals surface area contributed by atoms with E-state index in [0.29, 0.717) is 11.5 Å². The molecule has 21 heavy (non-hydrogen) atoms. The van der Waals surface area contributed by atoms with Crippen molar-refractivity contribution in [1.29, 1.82) is 0 Å². The molecule has 0 saturated carbocycles. The van der Waals surface area contributed by atoms with Gasteiger partial charge in [0.15, 0.2) is 12.2 Å². The average Bonchev–Trinajstić information content (AvgIpc) is 2.91. The van der Waals surface area contributed by atoms with Gasteiger partial charge < -0.3 is 36.8 Å². The summed E-state index contributed by atoms with van der Waals surface area (Å²) < 4.78 is 7.01. The number of fused-ring (bicyclic) bond motifs is 1. The Morgan fingerprint density at radius 3 is 2.90 bits per heavy atom. The van der Waals surface area contributed by atoms with Crippen molar-refractivity contribution >= 4 is 11.8 Å². The average molecular weight is 298 g/mol. The van der Waals surface area contributed by atoms with Crippen molar-refractivity contribution in [3.05, 3.63) is 12.0 Å². The van der Waals surface area contributed by atoms with Gasteiger partial charge in [-0.25, -0.2) is 9.98 Å². The van der Waals surface area contributed by atoms with Gasteiger partial charge >= 0.3 is 0 Å². The molecule has 0 amide bonds. The Balaban J connectivity index is 2.00. The molecule has 5 atom stereocenters. The van der Waals surface area contributed by atoms with Crippen LogP contribution in [0.5, 0.6) is 0 Å². The van der Waals surface area contributed by atoms with E-state index in [1.165, 1.54) is 17.8 Å². The van der Waals surface area contributed by atoms with Gasteiger partial charge in [0.25, 0.3) is 0 Å². The minimum absolute atomic E-state index is 0.119. The number of aliphatic hydroxyl groups is 3. The number of imidazole rings is 1. The van der Waals surface area contributed by atoms with E-state index >= 15 is 0 Å². The fraction of sp³-hybridized carbons (Fsp3) is 0.636. The van der Waals surface area contributed by atoms with Gasteiger partial charge in [-0.15, -0.1) is 0 Å². The summed E-state index contributed by atoms with van der Waals surface area (Å²) in [4.78, 5) is 8.07. The lowest BCUT2D eigenvalue weighted by Gasteiger charge is -2.29. The molecule has 0 bridgehead atoms. The first kappa shape index (κ1) is 14.2. The third-order valence-corrected chi connectivity index (χ3v) is 3.81. The molecule has 0 radical (unpaired) electrons. The van der Waals surface area contributed by atoms with Crippen LogP contribution in [0.1, 0.15) is 25.0 Å². The molecule has 10 nitrogen and oxygen atoms in total. The highest BCUT2D eigenvalue weighted by molar-refractivity contribution is 5.93. The predicted molar refractivity (Wildman–Crippen MR) is 72.0 cm³/mol. The van der Waals surface area contributed by atoms with E-state index in [0.717, 1.165) is 0 Å². The van der Waals surface area contributed by atoms with Crippen LogP contribution < -0.4 is 16.8 Å². The fourth-order valence-electron chi connectivity index (χ4n) is 2.65. The van der Waals surface area contributed by atoms with Crippen molar-refractivity contribution in [1.82, 2.24) is 9.55 Å². The second kappa shape index (κ2) is 4.64. The highest BCUT2D eigenvalue weighted by Crippen LogP contribution is 2.41. The monoisotopic (exact) mass is 298 g/mol. The van der Waals surface area contributed by atoms with Gasteiger partial charge in [0.2, 0.25) is 0 Å². The van der Waals surface area contributed by atoms with Gasteiger partial charge in [-0.2, -0.15) is 0 Å². The summed E-state index contributed by atoms with van der Waals surface area (Å²) in [6.07, 6.45) is -2.39. The summed E-state index contributed by atoms with van der Waals surface area (Å²) >= 11 is 0. The number of hydrogen-bond acceptors (Lipinski definition) is 9. The zero-order valence-corrected chi connectivity index (χ0v) is 11.3. The molecular formula is C11H18N6O4. The van der Waals surface area contributed by atoms with Crippen LogP contribution in [0.15, 0.2) is 11.3 Å². The summed E-state index contributed by atoms with van der Waals surface area (Å²) in [5.74, 6) is 0.555. The number of nitrogens with one attached hydrogen (secondary N) is 1. The molecule has 1 fully saturated rings. The number of nitrogens with zero attached hydrogens (tertiary/aromatic N) is 3. The number of aliphatic imine (C=N–C) groups is 1. The Labute approximate surface area is 120 Å². The topological polar surface area (TPSA) is 164 Å². The van der Waals surface area contributed by atoms with Crippen molar-refractivity contribution < 1.29 is 20.1 Å². The smallest absolute Gasteiger partial charge is 0.196 e. The Morgan fingerprint density at radius 2 is 2.29 bits per heavy atom. The number of ether oxygens (including phenoxy) is 1. The highest BCUT2D eigenvalue weighted by Gasteiger charge is 2.53. The number of aromatic nitrogens is 2. The Kier molecular flexibility index (Phi) is 3.15. The van der Waals surface area contributed by atoms with E-state index in [-0.39, 0.29) is 5.96 Å². The fourth-order valence-corrected chi connectivity index (χ4v) is 2.65. The van der Waals surface area contributed by atoms with E-state index in [1.807, 2.05) is 0 Å². The molecule has 1 saturated heterocycles. The first-order valence-electron chi connectivity index (χ1n) is 6.45. The van der Waals surface area contributed by atoms with Gasteiger partial charge in [0.05, 0.1) is 12.9 Å². The number of nitrogens with two attached hydrogens (primary N) is 2. The summed E-state index contributed by atoms with van der Waals surface area (Å²) in [6.45, 7) is 1.01. The molecule has 1 aromatic heterocycles. The van der Waals surface area contributed by atoms with Gasteiger partial charge in [0, 0.05) is 0 Å². The molecule has 116 valence electrons. The largest absolute Gasteiger partial charge is 0.394 e. The van der Waals surface area contributed by atoms with Crippen LogP contribution >= 0.6 is 0 Å². The van der Waals surface area contributed by atoms with E-state index in [9.17, 15) is 15.3 Å². The standard InChI is InChI=1S/C11H18N6O4/c1-11(20)6(19)4(2-18)21-9(11)17-3-14-5-7(12)15-10(13)16-8(5)17/h3-4,6-7,9,18-20H,2,12H2,1H3,(H3,13,15,16)/t4-,6?,7?,9-,11+/m1/s1. The van der Waals surface area contributed by atoms with E-state index in [4.69, 9.17) is 16.2 Å². The van der Waals surface area contributed by atoms with Crippen LogP contribution in [0.4, 0.5) is 5.82 Å². The maximum absolute atomic E-state index is 10.5. The van der Waals surface area contributed by atoms with Crippen molar-refractivity contribution in [2.24, 2.45) is 16.5 Å². The van der Waals surface area contributed by atoms with Crippen LogP contribution in [0.25, 0.3) is 0 Å². The van der Waals surface area contributed by atoms with Gasteiger partial charge in [0.1, 0.15) is 35.5 Å². The normalized spacial score (nSPS) is 38.8. The molecule has 0 spiro atoms. The summed E-state index contributed by atoms with van der Waals surface area (Å²) in [7, 11) is 0. The molecular weight excluding hydrogens is 280 g/mol. The minimum atomic E-state index is -1.61. The third-order valence-electron chi connectivity index (χ3n) is 3.81. The minimum Gasteiger partial charge on any atom is -0.394 e. The van der Waals surface area contributed by atoms with Crippen LogP contribution in [0.2, 0.25) is 0 Å². The molecule has 8 N–H and O–H groups in total. The molecule has 2 aliphatic heterocycles.